The zero-order valence-corrected chi connectivity index (χ0v) is 20.5. The highest BCUT2D eigenvalue weighted by molar-refractivity contribution is 5.94. The summed E-state index contributed by atoms with van der Waals surface area (Å²) < 4.78 is 7.81. The molecule has 0 bridgehead atoms. The van der Waals surface area contributed by atoms with Crippen LogP contribution in [-0.4, -0.2) is 40.3 Å². The number of para-hydroxylation sites is 1. The Morgan fingerprint density at radius 3 is 2.89 bits per heavy atom. The fourth-order valence-electron chi connectivity index (χ4n) is 5.38. The van der Waals surface area contributed by atoms with Gasteiger partial charge in [-0.3, -0.25) is 9.48 Å². The lowest BCUT2D eigenvalue weighted by molar-refractivity contribution is 0.0951. The molecule has 2 aliphatic rings. The summed E-state index contributed by atoms with van der Waals surface area (Å²) in [5.74, 6) is -0.0543. The van der Waals surface area contributed by atoms with Crippen molar-refractivity contribution in [3.05, 3.63) is 77.1 Å². The van der Waals surface area contributed by atoms with Crippen molar-refractivity contribution in [2.75, 3.05) is 18.5 Å². The van der Waals surface area contributed by atoms with Gasteiger partial charge < -0.3 is 15.4 Å². The molecule has 1 saturated heterocycles. The van der Waals surface area contributed by atoms with E-state index in [1.807, 2.05) is 29.1 Å². The van der Waals surface area contributed by atoms with Crippen molar-refractivity contribution in [2.24, 2.45) is 0 Å². The van der Waals surface area contributed by atoms with Crippen LogP contribution >= 0.6 is 0 Å². The SMILES string of the molecule is CCCCCCc1ccc(C(=O)NCCn2cc(C[C@@]34CCO[C@@H]3Nc3ccccc34)nn2)cc1. The van der Waals surface area contributed by atoms with E-state index in [1.54, 1.807) is 0 Å². The summed E-state index contributed by atoms with van der Waals surface area (Å²) in [6.45, 7) is 4.05. The average molecular weight is 474 g/mol. The number of nitrogens with one attached hydrogen (secondary N) is 2. The fourth-order valence-corrected chi connectivity index (χ4v) is 5.38. The summed E-state index contributed by atoms with van der Waals surface area (Å²) in [4.78, 5) is 12.5. The molecule has 7 nitrogen and oxygen atoms in total. The Morgan fingerprint density at radius 2 is 2.03 bits per heavy atom. The van der Waals surface area contributed by atoms with E-state index in [4.69, 9.17) is 4.74 Å². The zero-order valence-electron chi connectivity index (χ0n) is 20.5. The molecule has 35 heavy (non-hydrogen) atoms. The van der Waals surface area contributed by atoms with Crippen molar-refractivity contribution in [1.29, 1.82) is 0 Å². The number of nitrogens with zero attached hydrogens (tertiary/aromatic N) is 3. The van der Waals surface area contributed by atoms with Crippen LogP contribution in [0.1, 0.15) is 66.2 Å². The van der Waals surface area contributed by atoms with Crippen LogP contribution in [-0.2, 0) is 29.5 Å². The third kappa shape index (κ3) is 5.10. The molecule has 3 heterocycles. The summed E-state index contributed by atoms with van der Waals surface area (Å²) in [6.07, 6.45) is 9.79. The largest absolute Gasteiger partial charge is 0.359 e. The molecule has 7 heteroatoms. The number of rotatable bonds is 11. The Hall–Kier alpha value is -3.19. The van der Waals surface area contributed by atoms with Gasteiger partial charge in [0.15, 0.2) is 0 Å². The molecule has 184 valence electrons. The minimum atomic E-state index is -0.103. The molecule has 0 saturated carbocycles. The van der Waals surface area contributed by atoms with E-state index >= 15 is 0 Å². The molecule has 1 fully saturated rings. The van der Waals surface area contributed by atoms with Gasteiger partial charge in [0.2, 0.25) is 0 Å². The van der Waals surface area contributed by atoms with Crippen LogP contribution in [0.4, 0.5) is 5.69 Å². The van der Waals surface area contributed by atoms with Crippen LogP contribution in [0.25, 0.3) is 0 Å². The highest BCUT2D eigenvalue weighted by atomic mass is 16.5. The minimum absolute atomic E-state index is 0.0212. The molecule has 2 N–H and O–H groups in total. The summed E-state index contributed by atoms with van der Waals surface area (Å²) in [5.41, 5.74) is 5.28. The molecule has 1 amide bonds. The highest BCUT2D eigenvalue weighted by Crippen LogP contribution is 2.49. The molecule has 3 aromatic rings. The number of aryl methyl sites for hydroxylation is 1. The van der Waals surface area contributed by atoms with Gasteiger partial charge in [-0.1, -0.05) is 61.7 Å². The normalized spacial score (nSPS) is 20.3. The van der Waals surface area contributed by atoms with Gasteiger partial charge in [0.05, 0.1) is 18.8 Å². The number of carbonyl (C=O) groups is 1. The number of hydrogen-bond donors (Lipinski definition) is 2. The van der Waals surface area contributed by atoms with E-state index in [1.165, 1.54) is 36.8 Å². The van der Waals surface area contributed by atoms with Gasteiger partial charge in [0.25, 0.3) is 5.91 Å². The second kappa shape index (κ2) is 10.6. The molecule has 2 aromatic carbocycles. The molecular weight excluding hydrogens is 438 g/mol. The van der Waals surface area contributed by atoms with E-state index in [9.17, 15) is 4.79 Å². The molecule has 0 spiro atoms. The zero-order chi connectivity index (χ0) is 24.1. The van der Waals surface area contributed by atoms with E-state index in [2.05, 4.69) is 58.2 Å². The van der Waals surface area contributed by atoms with Crippen molar-refractivity contribution in [3.63, 3.8) is 0 Å². The first-order valence-electron chi connectivity index (χ1n) is 12.9. The minimum Gasteiger partial charge on any atom is -0.359 e. The van der Waals surface area contributed by atoms with Gasteiger partial charge in [-0.15, -0.1) is 5.10 Å². The van der Waals surface area contributed by atoms with E-state index in [0.29, 0.717) is 18.7 Å². The maximum absolute atomic E-state index is 12.5. The lowest BCUT2D eigenvalue weighted by atomic mass is 9.76. The number of amides is 1. The maximum atomic E-state index is 12.5. The standard InChI is InChI=1S/C28H35N5O2/c1-2-3-4-5-8-21-11-13-22(14-12-21)26(34)29-16-17-33-20-23(31-32-33)19-28-15-18-35-27(28)30-25-10-7-6-9-24(25)28/h6-7,9-14,20,27,30H,2-5,8,15-19H2,1H3,(H,29,34)/t27-,28+/m0/s1. The quantitative estimate of drug-likeness (QED) is 0.401. The van der Waals surface area contributed by atoms with Crippen molar-refractivity contribution in [1.82, 2.24) is 20.3 Å². The number of ether oxygens (including phenoxy) is 1. The monoisotopic (exact) mass is 473 g/mol. The first-order chi connectivity index (χ1) is 17.2. The highest BCUT2D eigenvalue weighted by Gasteiger charge is 2.51. The number of anilines is 1. The maximum Gasteiger partial charge on any atom is 0.251 e. The Kier molecular flexibility index (Phi) is 7.13. The molecular formula is C28H35N5O2. The van der Waals surface area contributed by atoms with Gasteiger partial charge in [-0.2, -0.15) is 0 Å². The first kappa shape index (κ1) is 23.5. The van der Waals surface area contributed by atoms with Crippen molar-refractivity contribution < 1.29 is 9.53 Å². The van der Waals surface area contributed by atoms with E-state index in [-0.39, 0.29) is 17.6 Å². The van der Waals surface area contributed by atoms with Gasteiger partial charge in [0.1, 0.15) is 6.23 Å². The lowest BCUT2D eigenvalue weighted by Crippen LogP contribution is -2.36. The summed E-state index contributed by atoms with van der Waals surface area (Å²) >= 11 is 0. The van der Waals surface area contributed by atoms with Gasteiger partial charge in [-0.25, -0.2) is 0 Å². The topological polar surface area (TPSA) is 81.1 Å². The smallest absolute Gasteiger partial charge is 0.251 e. The van der Waals surface area contributed by atoms with Gasteiger partial charge in [0, 0.05) is 35.8 Å². The third-order valence-corrected chi connectivity index (χ3v) is 7.33. The summed E-state index contributed by atoms with van der Waals surface area (Å²) in [7, 11) is 0. The van der Waals surface area contributed by atoms with Crippen LogP contribution in [0.3, 0.4) is 0 Å². The first-order valence-corrected chi connectivity index (χ1v) is 12.9. The summed E-state index contributed by atoms with van der Waals surface area (Å²) in [6, 6.07) is 16.4. The Morgan fingerprint density at radius 1 is 1.17 bits per heavy atom. The van der Waals surface area contributed by atoms with Crippen molar-refractivity contribution in [3.8, 4) is 0 Å². The van der Waals surface area contributed by atoms with Crippen LogP contribution in [0.15, 0.2) is 54.7 Å². The Balaban J connectivity index is 1.12. The van der Waals surface area contributed by atoms with Crippen LogP contribution < -0.4 is 10.6 Å². The van der Waals surface area contributed by atoms with Gasteiger partial charge in [-0.05, 0) is 48.6 Å². The Labute approximate surface area is 207 Å². The second-order valence-corrected chi connectivity index (χ2v) is 9.76. The Bertz CT molecular complexity index is 1140. The second-order valence-electron chi connectivity index (χ2n) is 9.76. The molecule has 5 rings (SSSR count). The number of aromatic nitrogens is 3. The predicted molar refractivity (Wildman–Crippen MR) is 136 cm³/mol. The fraction of sp³-hybridized carbons (Fsp3) is 0.464. The van der Waals surface area contributed by atoms with Crippen molar-refractivity contribution >= 4 is 11.6 Å². The number of carbonyl (C=O) groups excluding carboxylic acids is 1. The predicted octanol–water partition coefficient (Wildman–Crippen LogP) is 4.48. The number of benzene rings is 2. The molecule has 0 unspecified atom stereocenters. The van der Waals surface area contributed by atoms with E-state index in [0.717, 1.165) is 37.3 Å². The van der Waals surface area contributed by atoms with Crippen LogP contribution in [0.5, 0.6) is 0 Å². The molecule has 2 aliphatic heterocycles. The molecule has 1 aromatic heterocycles. The third-order valence-electron chi connectivity index (χ3n) is 7.33. The van der Waals surface area contributed by atoms with Crippen LogP contribution in [0.2, 0.25) is 0 Å². The summed E-state index contributed by atoms with van der Waals surface area (Å²) in [5, 5.41) is 15.2. The average Bonchev–Trinajstić information content (AvgIpc) is 3.56. The number of hydrogen-bond acceptors (Lipinski definition) is 5. The van der Waals surface area contributed by atoms with Crippen LogP contribution in [0, 0.1) is 0 Å². The van der Waals surface area contributed by atoms with E-state index < -0.39 is 0 Å². The number of unbranched alkanes of at least 4 members (excludes halogenated alkanes) is 3. The lowest BCUT2D eigenvalue weighted by Gasteiger charge is -2.26. The van der Waals surface area contributed by atoms with Crippen molar-refractivity contribution in [2.45, 2.75) is 70.1 Å². The molecule has 0 radical (unpaired) electrons. The molecule has 2 atom stereocenters. The van der Waals surface area contributed by atoms with Gasteiger partial charge >= 0.3 is 0 Å². The number of fused-ring (bicyclic) bond motifs is 3. The molecule has 0 aliphatic carbocycles.